The van der Waals surface area contributed by atoms with E-state index < -0.39 is 16.0 Å². The predicted molar refractivity (Wildman–Crippen MR) is 95.1 cm³/mol. The maximum absolute atomic E-state index is 13.0. The molecule has 0 atom stereocenters. The SMILES string of the molecule is COc1ccc2c(c1)c(CCC(=O)O)cn2S(=O)(=O)c1ccc(O)cc1. The minimum absolute atomic E-state index is 0.0211. The number of phenols is 1. The maximum Gasteiger partial charge on any atom is 0.303 e. The van der Waals surface area contributed by atoms with Crippen molar-refractivity contribution in [2.75, 3.05) is 7.11 Å². The van der Waals surface area contributed by atoms with Crippen molar-refractivity contribution in [1.82, 2.24) is 3.97 Å². The van der Waals surface area contributed by atoms with Crippen molar-refractivity contribution < 1.29 is 28.2 Å². The summed E-state index contributed by atoms with van der Waals surface area (Å²) in [7, 11) is -2.40. The number of fused-ring (bicyclic) bond motifs is 1. The second-order valence-electron chi connectivity index (χ2n) is 5.73. The fourth-order valence-corrected chi connectivity index (χ4v) is 4.13. The topological polar surface area (TPSA) is 106 Å². The van der Waals surface area contributed by atoms with E-state index in [1.165, 1.54) is 37.6 Å². The molecule has 0 aliphatic rings. The van der Waals surface area contributed by atoms with Gasteiger partial charge < -0.3 is 14.9 Å². The summed E-state index contributed by atoms with van der Waals surface area (Å²) >= 11 is 0. The number of aromatic nitrogens is 1. The molecule has 0 unspecified atom stereocenters. The number of nitrogens with zero attached hydrogens (tertiary/aromatic N) is 1. The average molecular weight is 375 g/mol. The zero-order valence-electron chi connectivity index (χ0n) is 13.9. The number of phenolic OH excluding ortho intramolecular Hbond substituents is 1. The van der Waals surface area contributed by atoms with Gasteiger partial charge in [-0.3, -0.25) is 4.79 Å². The lowest BCUT2D eigenvalue weighted by Gasteiger charge is -2.08. The quantitative estimate of drug-likeness (QED) is 0.686. The Morgan fingerprint density at radius 3 is 2.46 bits per heavy atom. The average Bonchev–Trinajstić information content (AvgIpc) is 2.99. The van der Waals surface area contributed by atoms with Gasteiger partial charge in [0.2, 0.25) is 0 Å². The summed E-state index contributed by atoms with van der Waals surface area (Å²) in [6, 6.07) is 10.2. The van der Waals surface area contributed by atoms with Crippen LogP contribution in [0.3, 0.4) is 0 Å². The van der Waals surface area contributed by atoms with Crippen LogP contribution in [0.5, 0.6) is 11.5 Å². The molecule has 136 valence electrons. The van der Waals surface area contributed by atoms with Crippen LogP contribution >= 0.6 is 0 Å². The number of aryl methyl sites for hydroxylation is 1. The Morgan fingerprint density at radius 1 is 1.15 bits per heavy atom. The predicted octanol–water partition coefficient (Wildman–Crippen LogP) is 2.61. The molecule has 26 heavy (non-hydrogen) atoms. The summed E-state index contributed by atoms with van der Waals surface area (Å²) in [4.78, 5) is 10.9. The Labute approximate surface area is 150 Å². The molecule has 0 saturated heterocycles. The van der Waals surface area contributed by atoms with Crippen LogP contribution in [0.15, 0.2) is 53.6 Å². The molecule has 0 radical (unpaired) electrons. The Balaban J connectivity index is 2.19. The van der Waals surface area contributed by atoms with Crippen molar-refractivity contribution in [3.05, 3.63) is 54.2 Å². The van der Waals surface area contributed by atoms with E-state index in [2.05, 4.69) is 0 Å². The van der Waals surface area contributed by atoms with E-state index in [-0.39, 0.29) is 23.5 Å². The van der Waals surface area contributed by atoms with Crippen molar-refractivity contribution in [3.63, 3.8) is 0 Å². The number of carbonyl (C=O) groups is 1. The number of ether oxygens (including phenoxy) is 1. The lowest BCUT2D eigenvalue weighted by Crippen LogP contribution is -2.11. The lowest BCUT2D eigenvalue weighted by atomic mass is 10.1. The minimum atomic E-state index is -3.90. The molecular weight excluding hydrogens is 358 g/mol. The molecule has 1 heterocycles. The van der Waals surface area contributed by atoms with Crippen LogP contribution in [0, 0.1) is 0 Å². The molecule has 0 bridgehead atoms. The number of methoxy groups -OCH3 is 1. The van der Waals surface area contributed by atoms with E-state index in [1.807, 2.05) is 0 Å². The summed E-state index contributed by atoms with van der Waals surface area (Å²) < 4.78 is 32.3. The lowest BCUT2D eigenvalue weighted by molar-refractivity contribution is -0.136. The summed E-state index contributed by atoms with van der Waals surface area (Å²) in [6.45, 7) is 0. The Hall–Kier alpha value is -3.00. The van der Waals surface area contributed by atoms with Crippen molar-refractivity contribution in [3.8, 4) is 11.5 Å². The van der Waals surface area contributed by atoms with E-state index in [1.54, 1.807) is 18.2 Å². The van der Waals surface area contributed by atoms with Gasteiger partial charge in [-0.1, -0.05) is 0 Å². The van der Waals surface area contributed by atoms with Crippen LogP contribution in [-0.2, 0) is 21.2 Å². The highest BCUT2D eigenvalue weighted by Gasteiger charge is 2.22. The van der Waals surface area contributed by atoms with Crippen molar-refractivity contribution in [2.24, 2.45) is 0 Å². The van der Waals surface area contributed by atoms with Crippen LogP contribution in [0.2, 0.25) is 0 Å². The number of carboxylic acid groups (broad SMARTS) is 1. The molecule has 0 saturated carbocycles. The van der Waals surface area contributed by atoms with Gasteiger partial charge in [0.15, 0.2) is 0 Å². The van der Waals surface area contributed by atoms with Gasteiger partial charge >= 0.3 is 5.97 Å². The highest BCUT2D eigenvalue weighted by atomic mass is 32.2. The molecule has 3 rings (SSSR count). The van der Waals surface area contributed by atoms with Gasteiger partial charge in [-0.05, 0) is 54.4 Å². The molecule has 3 aromatic rings. The molecular formula is C18H17NO6S. The van der Waals surface area contributed by atoms with Crippen LogP contribution in [0.25, 0.3) is 10.9 Å². The summed E-state index contributed by atoms with van der Waals surface area (Å²) in [6.07, 6.45) is 1.52. The number of aromatic hydroxyl groups is 1. The first-order valence-corrected chi connectivity index (χ1v) is 9.21. The Bertz CT molecular complexity index is 1070. The van der Waals surface area contributed by atoms with Crippen molar-refractivity contribution in [2.45, 2.75) is 17.7 Å². The maximum atomic E-state index is 13.0. The Morgan fingerprint density at radius 2 is 1.85 bits per heavy atom. The van der Waals surface area contributed by atoms with E-state index in [9.17, 15) is 18.3 Å². The largest absolute Gasteiger partial charge is 0.508 e. The molecule has 0 amide bonds. The van der Waals surface area contributed by atoms with Gasteiger partial charge in [0.25, 0.3) is 10.0 Å². The van der Waals surface area contributed by atoms with E-state index in [0.29, 0.717) is 22.2 Å². The standard InChI is InChI=1S/C18H17NO6S/c1-25-14-5-8-17-16(10-14)12(2-9-18(21)22)11-19(17)26(23,24)15-6-3-13(20)4-7-15/h3-8,10-11,20H,2,9H2,1H3,(H,21,22). The highest BCUT2D eigenvalue weighted by Crippen LogP contribution is 2.30. The Kier molecular flexibility index (Phi) is 4.60. The second-order valence-corrected chi connectivity index (χ2v) is 7.54. The molecule has 0 spiro atoms. The third-order valence-electron chi connectivity index (χ3n) is 4.06. The molecule has 2 aromatic carbocycles. The molecule has 7 nitrogen and oxygen atoms in total. The molecule has 0 aliphatic heterocycles. The fourth-order valence-electron chi connectivity index (χ4n) is 2.74. The summed E-state index contributed by atoms with van der Waals surface area (Å²) in [5.74, 6) is -0.447. The number of hydrogen-bond donors (Lipinski definition) is 2. The van der Waals surface area contributed by atoms with Gasteiger partial charge in [-0.25, -0.2) is 12.4 Å². The third-order valence-corrected chi connectivity index (χ3v) is 5.75. The van der Waals surface area contributed by atoms with Crippen LogP contribution in [0.4, 0.5) is 0 Å². The number of carboxylic acids is 1. The van der Waals surface area contributed by atoms with Gasteiger partial charge in [0.05, 0.1) is 17.5 Å². The molecule has 0 aliphatic carbocycles. The molecule has 0 fully saturated rings. The molecule has 2 N–H and O–H groups in total. The van der Waals surface area contributed by atoms with Crippen LogP contribution in [-0.4, -0.2) is 35.7 Å². The first-order chi connectivity index (χ1) is 12.3. The number of aliphatic carboxylic acids is 1. The van der Waals surface area contributed by atoms with Crippen molar-refractivity contribution >= 4 is 26.9 Å². The van der Waals surface area contributed by atoms with E-state index >= 15 is 0 Å². The third kappa shape index (κ3) is 3.23. The van der Waals surface area contributed by atoms with E-state index in [4.69, 9.17) is 9.84 Å². The van der Waals surface area contributed by atoms with Gasteiger partial charge in [-0.15, -0.1) is 0 Å². The zero-order valence-corrected chi connectivity index (χ0v) is 14.7. The number of hydrogen-bond acceptors (Lipinski definition) is 5. The van der Waals surface area contributed by atoms with Gasteiger partial charge in [0.1, 0.15) is 11.5 Å². The van der Waals surface area contributed by atoms with Crippen molar-refractivity contribution in [1.29, 1.82) is 0 Å². The second kappa shape index (κ2) is 6.72. The highest BCUT2D eigenvalue weighted by molar-refractivity contribution is 7.90. The minimum Gasteiger partial charge on any atom is -0.508 e. The number of benzene rings is 2. The monoisotopic (exact) mass is 375 g/mol. The first kappa shape index (κ1) is 17.8. The van der Waals surface area contributed by atoms with Crippen LogP contribution < -0.4 is 4.74 Å². The summed E-state index contributed by atoms with van der Waals surface area (Å²) in [5, 5.41) is 18.9. The number of rotatable bonds is 6. The first-order valence-electron chi connectivity index (χ1n) is 7.77. The van der Waals surface area contributed by atoms with Gasteiger partial charge in [0, 0.05) is 18.0 Å². The van der Waals surface area contributed by atoms with Gasteiger partial charge in [-0.2, -0.15) is 0 Å². The summed E-state index contributed by atoms with van der Waals surface area (Å²) in [5.41, 5.74) is 1.03. The van der Waals surface area contributed by atoms with E-state index in [0.717, 1.165) is 3.97 Å². The fraction of sp³-hybridized carbons (Fsp3) is 0.167. The zero-order chi connectivity index (χ0) is 18.9. The molecule has 1 aromatic heterocycles. The normalized spacial score (nSPS) is 11.6. The smallest absolute Gasteiger partial charge is 0.303 e. The molecule has 8 heteroatoms. The van der Waals surface area contributed by atoms with Crippen LogP contribution in [0.1, 0.15) is 12.0 Å².